The number of para-hydroxylation sites is 1. The summed E-state index contributed by atoms with van der Waals surface area (Å²) in [6, 6.07) is 12.7. The first-order valence-electron chi connectivity index (χ1n) is 9.90. The molecule has 4 aromatic rings. The Bertz CT molecular complexity index is 1340. The van der Waals surface area contributed by atoms with Gasteiger partial charge in [-0.3, -0.25) is 5.32 Å². The Morgan fingerprint density at radius 3 is 2.42 bits per heavy atom. The van der Waals surface area contributed by atoms with Crippen molar-refractivity contribution in [1.82, 2.24) is 15.0 Å². The highest BCUT2D eigenvalue weighted by Gasteiger charge is 2.31. The Labute approximate surface area is 185 Å². The molecule has 0 unspecified atom stereocenters. The zero-order valence-corrected chi connectivity index (χ0v) is 19.6. The van der Waals surface area contributed by atoms with Crippen LogP contribution in [0.15, 0.2) is 47.4 Å². The smallest absolute Gasteiger partial charge is 0.232 e. The molecule has 2 aromatic heterocycles. The summed E-state index contributed by atoms with van der Waals surface area (Å²) in [4.78, 5) is 13.9. The summed E-state index contributed by atoms with van der Waals surface area (Å²) < 4.78 is 31.9. The van der Waals surface area contributed by atoms with Crippen LogP contribution in [0, 0.1) is 0 Å². The second kappa shape index (κ2) is 7.72. The Kier molecular flexibility index (Phi) is 5.35. The van der Waals surface area contributed by atoms with Crippen LogP contribution in [0.4, 0.5) is 11.1 Å². The summed E-state index contributed by atoms with van der Waals surface area (Å²) in [5.41, 5.74) is 1.48. The fraction of sp³-hybridized carbons (Fsp3) is 0.318. The average molecular weight is 457 g/mol. The topological polar surface area (TPSA) is 94.1 Å². The van der Waals surface area contributed by atoms with Gasteiger partial charge in [-0.05, 0) is 65.0 Å². The van der Waals surface area contributed by atoms with Gasteiger partial charge in [0.15, 0.2) is 15.0 Å². The molecule has 0 saturated carbocycles. The minimum Gasteiger partial charge on any atom is -0.474 e. The standard InChI is InChI=1S/C22H24N4O3S2/c1-13(2)29-19-15-12-14(31(27,28)22(3,4)5)10-11-16(15)23-20(25-19)26-21-24-17-8-6-7-9-18(17)30-21/h6-13H,1-5H3,(H,23,24,25,26). The molecule has 0 atom stereocenters. The quantitative estimate of drug-likeness (QED) is 0.433. The fourth-order valence-corrected chi connectivity index (χ4v) is 5.08. The molecule has 7 nitrogen and oxygen atoms in total. The van der Waals surface area contributed by atoms with Gasteiger partial charge in [-0.2, -0.15) is 4.98 Å². The van der Waals surface area contributed by atoms with Crippen LogP contribution >= 0.6 is 11.3 Å². The molecule has 162 valence electrons. The van der Waals surface area contributed by atoms with Crippen molar-refractivity contribution in [3.8, 4) is 5.88 Å². The minimum absolute atomic E-state index is 0.142. The lowest BCUT2D eigenvalue weighted by atomic mass is 10.2. The molecular formula is C22H24N4O3S2. The van der Waals surface area contributed by atoms with Gasteiger partial charge in [-0.15, -0.1) is 0 Å². The van der Waals surface area contributed by atoms with E-state index in [1.54, 1.807) is 39.0 Å². The zero-order chi connectivity index (χ0) is 22.4. The highest BCUT2D eigenvalue weighted by molar-refractivity contribution is 7.92. The number of nitrogens with zero attached hydrogens (tertiary/aromatic N) is 3. The van der Waals surface area contributed by atoms with Gasteiger partial charge in [0.1, 0.15) is 0 Å². The molecule has 0 aliphatic carbocycles. The third-order valence-electron chi connectivity index (χ3n) is 4.61. The first-order valence-corrected chi connectivity index (χ1v) is 12.2. The van der Waals surface area contributed by atoms with Gasteiger partial charge in [0.25, 0.3) is 0 Å². The van der Waals surface area contributed by atoms with E-state index >= 15 is 0 Å². The van der Waals surface area contributed by atoms with Crippen LogP contribution in [0.3, 0.4) is 0 Å². The second-order valence-corrected chi connectivity index (χ2v) is 12.2. The molecule has 0 fully saturated rings. The summed E-state index contributed by atoms with van der Waals surface area (Å²) in [5, 5.41) is 4.37. The third-order valence-corrected chi connectivity index (χ3v) is 8.05. The maximum atomic E-state index is 12.9. The molecule has 0 amide bonds. The van der Waals surface area contributed by atoms with Crippen LogP contribution in [0.5, 0.6) is 5.88 Å². The van der Waals surface area contributed by atoms with E-state index in [9.17, 15) is 8.42 Å². The Hall–Kier alpha value is -2.78. The Morgan fingerprint density at radius 2 is 1.74 bits per heavy atom. The Balaban J connectivity index is 1.80. The molecule has 2 heterocycles. The van der Waals surface area contributed by atoms with E-state index in [0.29, 0.717) is 27.9 Å². The molecule has 0 aliphatic rings. The van der Waals surface area contributed by atoms with E-state index < -0.39 is 14.6 Å². The van der Waals surface area contributed by atoms with Crippen LogP contribution in [0.1, 0.15) is 34.6 Å². The lowest BCUT2D eigenvalue weighted by Gasteiger charge is -2.20. The number of hydrogen-bond acceptors (Lipinski definition) is 8. The average Bonchev–Trinajstić information content (AvgIpc) is 3.08. The van der Waals surface area contributed by atoms with Crippen LogP contribution in [0.2, 0.25) is 0 Å². The second-order valence-electron chi connectivity index (χ2n) is 8.43. The summed E-state index contributed by atoms with van der Waals surface area (Å²) in [6.45, 7) is 8.83. The van der Waals surface area contributed by atoms with Crippen molar-refractivity contribution < 1.29 is 13.2 Å². The number of nitrogens with one attached hydrogen (secondary N) is 1. The van der Waals surface area contributed by atoms with Crippen LogP contribution in [0.25, 0.3) is 21.1 Å². The van der Waals surface area contributed by atoms with Crippen molar-refractivity contribution in [1.29, 1.82) is 0 Å². The van der Waals surface area contributed by atoms with Gasteiger partial charge in [0, 0.05) is 0 Å². The zero-order valence-electron chi connectivity index (χ0n) is 18.0. The van der Waals surface area contributed by atoms with Gasteiger partial charge in [-0.25, -0.2) is 18.4 Å². The molecule has 0 bridgehead atoms. The van der Waals surface area contributed by atoms with Crippen molar-refractivity contribution in [2.24, 2.45) is 0 Å². The van der Waals surface area contributed by atoms with Crippen molar-refractivity contribution in [3.05, 3.63) is 42.5 Å². The maximum Gasteiger partial charge on any atom is 0.232 e. The van der Waals surface area contributed by atoms with E-state index in [0.717, 1.165) is 10.2 Å². The van der Waals surface area contributed by atoms with E-state index in [2.05, 4.69) is 20.3 Å². The van der Waals surface area contributed by atoms with Gasteiger partial charge >= 0.3 is 0 Å². The number of hydrogen-bond donors (Lipinski definition) is 1. The minimum atomic E-state index is -3.52. The normalized spacial score (nSPS) is 12.6. The Morgan fingerprint density at radius 1 is 1.00 bits per heavy atom. The van der Waals surface area contributed by atoms with Crippen LogP contribution in [-0.4, -0.2) is 34.2 Å². The third kappa shape index (κ3) is 4.20. The van der Waals surface area contributed by atoms with E-state index in [1.165, 1.54) is 11.3 Å². The lowest BCUT2D eigenvalue weighted by Crippen LogP contribution is -2.27. The molecule has 0 saturated heterocycles. The predicted octanol–water partition coefficient (Wildman–Crippen LogP) is 5.34. The summed E-state index contributed by atoms with van der Waals surface area (Å²) >= 11 is 1.50. The molecular weight excluding hydrogens is 432 g/mol. The summed E-state index contributed by atoms with van der Waals surface area (Å²) in [6.07, 6.45) is -0.142. The van der Waals surface area contributed by atoms with E-state index in [-0.39, 0.29) is 11.0 Å². The molecule has 0 aliphatic heterocycles. The molecule has 31 heavy (non-hydrogen) atoms. The number of ether oxygens (including phenoxy) is 1. The lowest BCUT2D eigenvalue weighted by molar-refractivity contribution is 0.236. The number of benzene rings is 2. The van der Waals surface area contributed by atoms with Gasteiger partial charge in [0.2, 0.25) is 11.8 Å². The molecule has 4 rings (SSSR count). The first kappa shape index (κ1) is 21.5. The summed E-state index contributed by atoms with van der Waals surface area (Å²) in [5.74, 6) is 0.670. The number of rotatable bonds is 5. The molecule has 0 radical (unpaired) electrons. The summed E-state index contributed by atoms with van der Waals surface area (Å²) in [7, 11) is -3.52. The van der Waals surface area contributed by atoms with Gasteiger partial charge in [0.05, 0.1) is 36.9 Å². The fourth-order valence-electron chi connectivity index (χ4n) is 2.99. The number of fused-ring (bicyclic) bond motifs is 2. The highest BCUT2D eigenvalue weighted by atomic mass is 32.2. The number of thiazole rings is 1. The largest absolute Gasteiger partial charge is 0.474 e. The maximum absolute atomic E-state index is 12.9. The van der Waals surface area contributed by atoms with Gasteiger partial charge < -0.3 is 4.74 Å². The number of anilines is 2. The van der Waals surface area contributed by atoms with Crippen LogP contribution < -0.4 is 10.1 Å². The molecule has 1 N–H and O–H groups in total. The number of sulfone groups is 1. The van der Waals surface area contributed by atoms with Crippen molar-refractivity contribution in [2.75, 3.05) is 5.32 Å². The van der Waals surface area contributed by atoms with Crippen molar-refractivity contribution in [3.63, 3.8) is 0 Å². The number of aromatic nitrogens is 3. The van der Waals surface area contributed by atoms with Gasteiger partial charge in [-0.1, -0.05) is 23.5 Å². The monoisotopic (exact) mass is 456 g/mol. The molecule has 9 heteroatoms. The first-order chi connectivity index (χ1) is 14.5. The van der Waals surface area contributed by atoms with Crippen molar-refractivity contribution >= 4 is 53.4 Å². The van der Waals surface area contributed by atoms with E-state index in [1.807, 2.05) is 38.1 Å². The molecule has 0 spiro atoms. The predicted molar refractivity (Wildman–Crippen MR) is 125 cm³/mol. The van der Waals surface area contributed by atoms with Crippen LogP contribution in [-0.2, 0) is 9.84 Å². The van der Waals surface area contributed by atoms with Crippen molar-refractivity contribution in [2.45, 2.75) is 50.4 Å². The van der Waals surface area contributed by atoms with E-state index in [4.69, 9.17) is 4.74 Å². The SMILES string of the molecule is CC(C)Oc1nc(Nc2nc3ccccc3s2)nc2ccc(S(=O)(=O)C(C)(C)C)cc12. The highest BCUT2D eigenvalue weighted by Crippen LogP contribution is 2.33. The molecule has 2 aromatic carbocycles.